The van der Waals surface area contributed by atoms with Gasteiger partial charge in [-0.15, -0.1) is 0 Å². The fraction of sp³-hybridized carbons (Fsp3) is 0.312. The average Bonchev–Trinajstić information content (AvgIpc) is 2.51. The van der Waals surface area contributed by atoms with Crippen molar-refractivity contribution < 1.29 is 9.59 Å². The van der Waals surface area contributed by atoms with E-state index >= 15 is 0 Å². The summed E-state index contributed by atoms with van der Waals surface area (Å²) in [6.45, 7) is 4.52. The van der Waals surface area contributed by atoms with Gasteiger partial charge in [-0.1, -0.05) is 36.9 Å². The van der Waals surface area contributed by atoms with Crippen LogP contribution in [-0.4, -0.2) is 29.2 Å². The monoisotopic (exact) mass is 317 g/mol. The van der Waals surface area contributed by atoms with Gasteiger partial charge < -0.3 is 5.32 Å². The molecule has 1 aromatic carbocycles. The van der Waals surface area contributed by atoms with Crippen molar-refractivity contribution in [2.24, 2.45) is 0 Å². The summed E-state index contributed by atoms with van der Waals surface area (Å²) in [5, 5.41) is 6.78. The van der Waals surface area contributed by atoms with Gasteiger partial charge in [0.25, 0.3) is 0 Å². The highest BCUT2D eigenvalue weighted by Gasteiger charge is 2.09. The molecule has 22 heavy (non-hydrogen) atoms. The number of carbonyl (C=O) groups excluding carboxylic acids is 2. The van der Waals surface area contributed by atoms with E-state index in [4.69, 9.17) is 0 Å². The summed E-state index contributed by atoms with van der Waals surface area (Å²) in [6, 6.07) is 9.40. The van der Waals surface area contributed by atoms with Crippen molar-refractivity contribution in [3.8, 4) is 0 Å². The number of para-hydroxylation sites is 1. The lowest BCUT2D eigenvalue weighted by Crippen LogP contribution is -2.40. The zero-order chi connectivity index (χ0) is 15.9. The Bertz CT molecular complexity index is 688. The van der Waals surface area contributed by atoms with Crippen LogP contribution < -0.4 is 10.6 Å². The highest BCUT2D eigenvalue weighted by molar-refractivity contribution is 7.99. The molecule has 0 aliphatic rings. The molecular weight excluding hydrogens is 298 g/mol. The lowest BCUT2D eigenvalue weighted by molar-refractivity contribution is -0.117. The maximum absolute atomic E-state index is 11.7. The predicted molar refractivity (Wildman–Crippen MR) is 89.0 cm³/mol. The molecule has 0 radical (unpaired) electrons. The number of hydrogen-bond donors (Lipinski definition) is 2. The summed E-state index contributed by atoms with van der Waals surface area (Å²) < 4.78 is 0. The van der Waals surface area contributed by atoms with Crippen LogP contribution in [0.15, 0.2) is 35.4 Å². The van der Waals surface area contributed by atoms with E-state index in [1.807, 2.05) is 44.2 Å². The minimum Gasteiger partial charge on any atom is -0.338 e. The van der Waals surface area contributed by atoms with Crippen molar-refractivity contribution in [3.05, 3.63) is 35.9 Å². The number of thioether (sulfide) groups is 1. The third kappa shape index (κ3) is 4.46. The normalized spacial score (nSPS) is 10.5. The highest BCUT2D eigenvalue weighted by Crippen LogP contribution is 2.23. The Balaban J connectivity index is 1.94. The molecule has 0 aliphatic carbocycles. The number of amides is 3. The van der Waals surface area contributed by atoms with Crippen molar-refractivity contribution in [2.45, 2.75) is 25.3 Å². The molecule has 0 saturated carbocycles. The Morgan fingerprint density at radius 1 is 1.27 bits per heavy atom. The van der Waals surface area contributed by atoms with Crippen LogP contribution in [0.2, 0.25) is 0 Å². The highest BCUT2D eigenvalue weighted by atomic mass is 32.2. The maximum Gasteiger partial charge on any atom is 0.321 e. The molecule has 2 rings (SSSR count). The molecule has 2 aromatic rings. The van der Waals surface area contributed by atoms with E-state index in [0.717, 1.165) is 27.9 Å². The van der Waals surface area contributed by atoms with E-state index in [9.17, 15) is 9.59 Å². The Labute approximate surface area is 133 Å². The minimum atomic E-state index is -0.449. The van der Waals surface area contributed by atoms with Crippen molar-refractivity contribution >= 4 is 34.6 Å². The predicted octanol–water partition coefficient (Wildman–Crippen LogP) is 2.87. The summed E-state index contributed by atoms with van der Waals surface area (Å²) in [6.07, 6.45) is 0.830. The van der Waals surface area contributed by atoms with Crippen LogP contribution in [0.4, 0.5) is 4.79 Å². The van der Waals surface area contributed by atoms with E-state index in [-0.39, 0.29) is 11.7 Å². The van der Waals surface area contributed by atoms with Gasteiger partial charge in [-0.3, -0.25) is 10.1 Å². The first-order valence-corrected chi connectivity index (χ1v) is 8.15. The van der Waals surface area contributed by atoms with E-state index in [1.165, 1.54) is 11.8 Å². The Hall–Kier alpha value is -2.08. The van der Waals surface area contributed by atoms with Crippen molar-refractivity contribution in [1.82, 2.24) is 15.6 Å². The zero-order valence-corrected chi connectivity index (χ0v) is 13.5. The molecule has 2 N–H and O–H groups in total. The van der Waals surface area contributed by atoms with Crippen molar-refractivity contribution in [1.29, 1.82) is 0 Å². The second-order valence-corrected chi connectivity index (χ2v) is 5.88. The van der Waals surface area contributed by atoms with Crippen LogP contribution in [0.5, 0.6) is 0 Å². The first-order valence-electron chi connectivity index (χ1n) is 7.17. The van der Waals surface area contributed by atoms with Gasteiger partial charge in [0.1, 0.15) is 0 Å². The third-order valence-electron chi connectivity index (χ3n) is 3.04. The van der Waals surface area contributed by atoms with Gasteiger partial charge >= 0.3 is 6.03 Å². The second kappa shape index (κ2) is 7.79. The maximum atomic E-state index is 11.7. The second-order valence-electron chi connectivity index (χ2n) is 4.89. The van der Waals surface area contributed by atoms with Crippen LogP contribution in [-0.2, 0) is 4.79 Å². The Kier molecular flexibility index (Phi) is 5.77. The van der Waals surface area contributed by atoms with E-state index in [2.05, 4.69) is 15.6 Å². The summed E-state index contributed by atoms with van der Waals surface area (Å²) in [5.74, 6) is -0.171. The molecule has 116 valence electrons. The molecule has 0 spiro atoms. The lowest BCUT2D eigenvalue weighted by atomic mass is 10.1. The minimum absolute atomic E-state index is 0.157. The first-order chi connectivity index (χ1) is 10.6. The van der Waals surface area contributed by atoms with E-state index < -0.39 is 6.03 Å². The van der Waals surface area contributed by atoms with Crippen molar-refractivity contribution in [2.75, 3.05) is 12.3 Å². The third-order valence-corrected chi connectivity index (χ3v) is 3.95. The number of nitrogens with one attached hydrogen (secondary N) is 2. The summed E-state index contributed by atoms with van der Waals surface area (Å²) >= 11 is 1.32. The number of rotatable bonds is 5. The van der Waals surface area contributed by atoms with Gasteiger partial charge in [0, 0.05) is 11.9 Å². The fourth-order valence-corrected chi connectivity index (χ4v) is 2.75. The van der Waals surface area contributed by atoms with E-state index in [0.29, 0.717) is 6.54 Å². The topological polar surface area (TPSA) is 71.1 Å². The smallest absolute Gasteiger partial charge is 0.321 e. The molecule has 0 unspecified atom stereocenters. The van der Waals surface area contributed by atoms with Gasteiger partial charge in [-0.25, -0.2) is 9.78 Å². The molecule has 1 aromatic heterocycles. The first kappa shape index (κ1) is 16.3. The summed E-state index contributed by atoms with van der Waals surface area (Å²) in [7, 11) is 0. The number of imide groups is 1. The average molecular weight is 317 g/mol. The largest absolute Gasteiger partial charge is 0.338 e. The number of aromatic nitrogens is 1. The molecule has 0 aliphatic heterocycles. The standard InChI is InChI=1S/C16H19N3O2S/c1-3-8-17-16(21)19-14(20)10-22-15-9-11(2)12-6-4-5-7-13(12)18-15/h4-7,9H,3,8,10H2,1-2H3,(H2,17,19,20,21). The molecule has 0 atom stereocenters. The van der Waals surface area contributed by atoms with Crippen LogP contribution in [0.1, 0.15) is 18.9 Å². The molecule has 3 amide bonds. The van der Waals surface area contributed by atoms with Gasteiger partial charge in [0.05, 0.1) is 16.3 Å². The number of benzene rings is 1. The molecule has 6 heteroatoms. The summed E-state index contributed by atoms with van der Waals surface area (Å²) in [5.41, 5.74) is 2.03. The van der Waals surface area contributed by atoms with Crippen molar-refractivity contribution in [3.63, 3.8) is 0 Å². The summed E-state index contributed by atoms with van der Waals surface area (Å²) in [4.78, 5) is 27.6. The van der Waals surface area contributed by atoms with Gasteiger partial charge in [-0.2, -0.15) is 0 Å². The molecule has 0 saturated heterocycles. The zero-order valence-electron chi connectivity index (χ0n) is 12.7. The number of aryl methyl sites for hydroxylation is 1. The Morgan fingerprint density at radius 2 is 2.05 bits per heavy atom. The SMILES string of the molecule is CCCNC(=O)NC(=O)CSc1cc(C)c2ccccc2n1. The molecular formula is C16H19N3O2S. The Morgan fingerprint density at radius 3 is 2.82 bits per heavy atom. The molecule has 0 bridgehead atoms. The fourth-order valence-electron chi connectivity index (χ4n) is 1.98. The van der Waals surface area contributed by atoms with E-state index in [1.54, 1.807) is 0 Å². The number of nitrogens with zero attached hydrogens (tertiary/aromatic N) is 1. The van der Waals surface area contributed by atoms with Crippen LogP contribution >= 0.6 is 11.8 Å². The number of urea groups is 1. The molecule has 1 heterocycles. The van der Waals surface area contributed by atoms with Gasteiger partial charge in [-0.05, 0) is 31.0 Å². The number of pyridine rings is 1. The van der Waals surface area contributed by atoms with Crippen LogP contribution in [0.25, 0.3) is 10.9 Å². The van der Waals surface area contributed by atoms with Gasteiger partial charge in [0.15, 0.2) is 0 Å². The quantitative estimate of drug-likeness (QED) is 0.832. The van der Waals surface area contributed by atoms with Crippen LogP contribution in [0, 0.1) is 6.92 Å². The number of hydrogen-bond acceptors (Lipinski definition) is 4. The molecule has 5 nitrogen and oxygen atoms in total. The number of carbonyl (C=O) groups is 2. The number of fused-ring (bicyclic) bond motifs is 1. The molecule has 0 fully saturated rings. The van der Waals surface area contributed by atoms with Crippen LogP contribution in [0.3, 0.4) is 0 Å². The lowest BCUT2D eigenvalue weighted by Gasteiger charge is -2.07. The van der Waals surface area contributed by atoms with Gasteiger partial charge in [0.2, 0.25) is 5.91 Å².